The number of aliphatic hydroxyl groups is 1. The molecule has 0 unspecified atom stereocenters. The first-order valence-corrected chi connectivity index (χ1v) is 12.1. The Morgan fingerprint density at radius 2 is 2.00 bits per heavy atom. The molecule has 2 aliphatic rings. The average Bonchev–Trinajstić information content (AvgIpc) is 3.15. The van der Waals surface area contributed by atoms with Gasteiger partial charge in [0.05, 0.1) is 15.8 Å². The first kappa shape index (κ1) is 21.4. The quantitative estimate of drug-likeness (QED) is 0.458. The zero-order chi connectivity index (χ0) is 22.3. The van der Waals surface area contributed by atoms with E-state index in [1.165, 1.54) is 11.3 Å². The molecule has 166 valence electrons. The predicted octanol–water partition coefficient (Wildman–Crippen LogP) is 6.73. The van der Waals surface area contributed by atoms with Crippen molar-refractivity contribution in [1.29, 1.82) is 0 Å². The highest BCUT2D eigenvalue weighted by Crippen LogP contribution is 2.47. The predicted molar refractivity (Wildman–Crippen MR) is 127 cm³/mol. The minimum atomic E-state index is -0.175. The van der Waals surface area contributed by atoms with Gasteiger partial charge in [0.25, 0.3) is 5.19 Å². The first-order chi connectivity index (χ1) is 15.5. The maximum atomic E-state index is 13.2. The number of carbonyl (C=O) groups excluding carboxylic acids is 1. The van der Waals surface area contributed by atoms with E-state index in [4.69, 9.17) is 21.1 Å². The van der Waals surface area contributed by atoms with E-state index < -0.39 is 0 Å². The smallest absolute Gasteiger partial charge is 0.279 e. The Kier molecular flexibility index (Phi) is 5.70. The number of aliphatic hydroxyl groups excluding tert-OH is 1. The summed E-state index contributed by atoms with van der Waals surface area (Å²) in [5.74, 6) is 0.767. The minimum Gasteiger partial charge on any atom is -0.512 e. The van der Waals surface area contributed by atoms with Gasteiger partial charge >= 0.3 is 0 Å². The van der Waals surface area contributed by atoms with E-state index in [1.807, 2.05) is 37.3 Å². The number of thiazole rings is 1. The van der Waals surface area contributed by atoms with Crippen LogP contribution < -0.4 is 4.74 Å². The van der Waals surface area contributed by atoms with Crippen molar-refractivity contribution in [3.05, 3.63) is 58.3 Å². The molecule has 7 heteroatoms. The van der Waals surface area contributed by atoms with Gasteiger partial charge in [0.2, 0.25) is 0 Å². The zero-order valence-electron chi connectivity index (χ0n) is 17.8. The van der Waals surface area contributed by atoms with Crippen molar-refractivity contribution >= 4 is 44.5 Å². The normalized spacial score (nSPS) is 18.5. The Morgan fingerprint density at radius 3 is 2.75 bits per heavy atom. The second kappa shape index (κ2) is 8.50. The van der Waals surface area contributed by atoms with Crippen molar-refractivity contribution in [2.45, 2.75) is 39.0 Å². The van der Waals surface area contributed by atoms with Gasteiger partial charge in [-0.1, -0.05) is 35.9 Å². The topological polar surface area (TPSA) is 68.7 Å². The van der Waals surface area contributed by atoms with Gasteiger partial charge in [0.15, 0.2) is 5.78 Å². The van der Waals surface area contributed by atoms with Crippen LogP contribution in [0.1, 0.15) is 43.7 Å². The molecular formula is C25H24ClNO4S. The molecule has 1 aliphatic heterocycles. The number of hydrogen-bond donors (Lipinski definition) is 1. The molecule has 32 heavy (non-hydrogen) atoms. The van der Waals surface area contributed by atoms with Gasteiger partial charge in [-0.25, -0.2) is 4.98 Å². The Balaban J connectivity index is 1.49. The van der Waals surface area contributed by atoms with Crippen LogP contribution in [0.15, 0.2) is 42.2 Å². The summed E-state index contributed by atoms with van der Waals surface area (Å²) < 4.78 is 12.5. The zero-order valence-corrected chi connectivity index (χ0v) is 19.4. The van der Waals surface area contributed by atoms with Gasteiger partial charge in [-0.3, -0.25) is 4.79 Å². The lowest BCUT2D eigenvalue weighted by atomic mass is 9.67. The largest absolute Gasteiger partial charge is 0.512 e. The Labute approximate surface area is 195 Å². The maximum absolute atomic E-state index is 13.2. The number of nitrogens with zero attached hydrogens (tertiary/aromatic N) is 1. The van der Waals surface area contributed by atoms with Gasteiger partial charge < -0.3 is 14.6 Å². The summed E-state index contributed by atoms with van der Waals surface area (Å²) in [7, 11) is 0. The lowest BCUT2D eigenvalue weighted by Gasteiger charge is -2.39. The first-order valence-electron chi connectivity index (χ1n) is 10.9. The van der Waals surface area contributed by atoms with E-state index in [1.54, 1.807) is 6.07 Å². The molecule has 5 rings (SSSR count). The molecule has 2 heterocycles. The van der Waals surface area contributed by atoms with Crippen LogP contribution in [0.5, 0.6) is 10.9 Å². The fourth-order valence-electron chi connectivity index (χ4n) is 4.74. The van der Waals surface area contributed by atoms with Gasteiger partial charge in [-0.2, -0.15) is 0 Å². The van der Waals surface area contributed by atoms with E-state index in [0.29, 0.717) is 47.6 Å². The molecular weight excluding hydrogens is 446 g/mol. The van der Waals surface area contributed by atoms with Crippen LogP contribution >= 0.6 is 22.9 Å². The van der Waals surface area contributed by atoms with Crippen LogP contribution in [0, 0.1) is 5.41 Å². The van der Waals surface area contributed by atoms with E-state index in [-0.39, 0.29) is 17.0 Å². The van der Waals surface area contributed by atoms with Gasteiger partial charge in [0, 0.05) is 31.1 Å². The third-order valence-corrected chi connectivity index (χ3v) is 7.60. The average molecular weight is 470 g/mol. The molecule has 0 bridgehead atoms. The molecule has 1 aromatic heterocycles. The summed E-state index contributed by atoms with van der Waals surface area (Å²) in [6.45, 7) is 3.33. The number of ether oxygens (including phenoxy) is 2. The fraction of sp³-hybridized carbons (Fsp3) is 0.360. The van der Waals surface area contributed by atoms with E-state index in [0.717, 1.165) is 40.6 Å². The van der Waals surface area contributed by atoms with Crippen LogP contribution in [-0.2, 0) is 16.0 Å². The molecule has 1 fully saturated rings. The standard InChI is InChI=1S/C25H24ClNO4S/c1-2-15-3-5-17(31-24-27-19-6-4-16(26)11-22(19)32-24)12-18(15)23-20(28)13-25(14-21(23)29)7-9-30-10-8-25/h3-6,11-12,28H,2,7-10,13-14H2,1H3. The molecule has 3 aromatic rings. The molecule has 1 saturated heterocycles. The summed E-state index contributed by atoms with van der Waals surface area (Å²) in [5.41, 5.74) is 2.83. The number of halogens is 1. The fourth-order valence-corrected chi connectivity index (χ4v) is 5.85. The number of rotatable bonds is 4. The number of fused-ring (bicyclic) bond motifs is 1. The highest BCUT2D eigenvalue weighted by Gasteiger charge is 2.41. The summed E-state index contributed by atoms with van der Waals surface area (Å²) in [4.78, 5) is 17.8. The van der Waals surface area contributed by atoms with Crippen molar-refractivity contribution in [3.8, 4) is 10.9 Å². The van der Waals surface area contributed by atoms with Crippen molar-refractivity contribution in [1.82, 2.24) is 4.98 Å². The number of aromatic nitrogens is 1. The van der Waals surface area contributed by atoms with Crippen LogP contribution in [0.3, 0.4) is 0 Å². The molecule has 0 atom stereocenters. The number of ketones is 1. The Hall–Kier alpha value is -2.41. The number of hydrogen-bond acceptors (Lipinski definition) is 6. The molecule has 1 N–H and O–H groups in total. The van der Waals surface area contributed by atoms with E-state index in [2.05, 4.69) is 4.98 Å². The van der Waals surface area contributed by atoms with Crippen molar-refractivity contribution < 1.29 is 19.4 Å². The molecule has 0 saturated carbocycles. The highest BCUT2D eigenvalue weighted by atomic mass is 35.5. The monoisotopic (exact) mass is 469 g/mol. The third-order valence-electron chi connectivity index (χ3n) is 6.47. The van der Waals surface area contributed by atoms with Crippen LogP contribution in [-0.4, -0.2) is 29.1 Å². The van der Waals surface area contributed by atoms with Crippen molar-refractivity contribution in [2.75, 3.05) is 13.2 Å². The maximum Gasteiger partial charge on any atom is 0.279 e. The summed E-state index contributed by atoms with van der Waals surface area (Å²) in [5, 5.41) is 12.1. The van der Waals surface area contributed by atoms with E-state index in [9.17, 15) is 9.90 Å². The van der Waals surface area contributed by atoms with Crippen LogP contribution in [0.25, 0.3) is 15.8 Å². The van der Waals surface area contributed by atoms with Gasteiger partial charge in [-0.15, -0.1) is 0 Å². The van der Waals surface area contributed by atoms with Crippen LogP contribution in [0.2, 0.25) is 5.02 Å². The molecule has 1 aliphatic carbocycles. The number of allylic oxidation sites excluding steroid dienone is 2. The minimum absolute atomic E-state index is 0.00266. The third kappa shape index (κ3) is 4.03. The SMILES string of the molecule is CCc1ccc(Oc2nc3ccc(Cl)cc3s2)cc1C1=C(O)CC2(CCOCC2)CC1=O. The Bertz CT molecular complexity index is 1230. The van der Waals surface area contributed by atoms with Gasteiger partial charge in [0.1, 0.15) is 11.5 Å². The summed E-state index contributed by atoms with van der Waals surface area (Å²) in [6.07, 6.45) is 3.33. The number of Topliss-reactive ketones (excluding diaryl/α,β-unsaturated/α-hetero) is 1. The van der Waals surface area contributed by atoms with Crippen molar-refractivity contribution in [3.63, 3.8) is 0 Å². The lowest BCUT2D eigenvalue weighted by molar-refractivity contribution is -0.118. The summed E-state index contributed by atoms with van der Waals surface area (Å²) in [6, 6.07) is 11.2. The molecule has 2 aromatic carbocycles. The lowest BCUT2D eigenvalue weighted by Crippen LogP contribution is -2.36. The molecule has 1 spiro atoms. The number of carbonyl (C=O) groups is 1. The molecule has 0 amide bonds. The van der Waals surface area contributed by atoms with Crippen molar-refractivity contribution in [2.24, 2.45) is 5.41 Å². The Morgan fingerprint density at radius 1 is 1.19 bits per heavy atom. The highest BCUT2D eigenvalue weighted by molar-refractivity contribution is 7.20. The number of benzene rings is 2. The van der Waals surface area contributed by atoms with E-state index >= 15 is 0 Å². The van der Waals surface area contributed by atoms with Gasteiger partial charge in [-0.05, 0) is 66.1 Å². The van der Waals surface area contributed by atoms with Crippen LogP contribution in [0.4, 0.5) is 0 Å². The molecule has 5 nitrogen and oxygen atoms in total. The second-order valence-corrected chi connectivity index (χ2v) is 10.0. The second-order valence-electron chi connectivity index (χ2n) is 8.58. The number of aryl methyl sites for hydroxylation is 1. The summed E-state index contributed by atoms with van der Waals surface area (Å²) >= 11 is 7.50. The molecule has 0 radical (unpaired) electrons.